The quantitative estimate of drug-likeness (QED) is 0.892. The van der Waals surface area contributed by atoms with Crippen LogP contribution in [0.2, 0.25) is 0 Å². The van der Waals surface area contributed by atoms with Crippen LogP contribution in [0.1, 0.15) is 12.0 Å². The van der Waals surface area contributed by atoms with Crippen molar-refractivity contribution in [2.24, 2.45) is 0 Å². The Hall–Kier alpha value is -2.29. The summed E-state index contributed by atoms with van der Waals surface area (Å²) >= 11 is 0. The first-order valence-electron chi connectivity index (χ1n) is 6.34. The normalized spacial score (nSPS) is 13.6. The molecular weight excluding hydrogens is 238 g/mol. The van der Waals surface area contributed by atoms with Crippen LogP contribution in [0.5, 0.6) is 5.75 Å². The Morgan fingerprint density at radius 2 is 1.84 bits per heavy atom. The largest absolute Gasteiger partial charge is 0.496 e. The van der Waals surface area contributed by atoms with Gasteiger partial charge in [-0.15, -0.1) is 0 Å². The number of anilines is 1. The summed E-state index contributed by atoms with van der Waals surface area (Å²) in [5.41, 5.74) is 4.12. The van der Waals surface area contributed by atoms with Gasteiger partial charge >= 0.3 is 0 Å². The molecule has 1 aliphatic rings. The summed E-state index contributed by atoms with van der Waals surface area (Å²) in [7, 11) is 1.66. The molecule has 0 aliphatic carbocycles. The number of hydrogen-bond acceptors (Lipinski definition) is 2. The fourth-order valence-electron chi connectivity index (χ4n) is 2.51. The minimum absolute atomic E-state index is 0.0675. The number of ether oxygens (including phenoxy) is 1. The van der Waals surface area contributed by atoms with Crippen molar-refractivity contribution in [2.45, 2.75) is 12.8 Å². The minimum atomic E-state index is 0.0675. The summed E-state index contributed by atoms with van der Waals surface area (Å²) in [5.74, 6) is 0.910. The van der Waals surface area contributed by atoms with Gasteiger partial charge in [0.15, 0.2) is 0 Å². The maximum Gasteiger partial charge on any atom is 0.224 e. The molecule has 0 unspecified atom stereocenters. The van der Waals surface area contributed by atoms with Gasteiger partial charge in [0, 0.05) is 17.5 Å². The molecule has 3 rings (SSSR count). The number of amides is 1. The highest BCUT2D eigenvalue weighted by Gasteiger charge is 2.21. The van der Waals surface area contributed by atoms with Crippen molar-refractivity contribution in [3.63, 3.8) is 0 Å². The van der Waals surface area contributed by atoms with Gasteiger partial charge in [-0.25, -0.2) is 0 Å². The van der Waals surface area contributed by atoms with Crippen molar-refractivity contribution >= 4 is 11.6 Å². The Kier molecular flexibility index (Phi) is 2.95. The van der Waals surface area contributed by atoms with Crippen molar-refractivity contribution in [3.05, 3.63) is 48.0 Å². The van der Waals surface area contributed by atoms with Crippen molar-refractivity contribution in [2.75, 3.05) is 12.4 Å². The maximum atomic E-state index is 11.7. The van der Waals surface area contributed by atoms with Crippen LogP contribution in [0.15, 0.2) is 42.5 Å². The monoisotopic (exact) mass is 253 g/mol. The second kappa shape index (κ2) is 4.76. The third kappa shape index (κ3) is 2.08. The molecule has 1 N–H and O–H groups in total. The molecule has 96 valence electrons. The Bertz CT molecular complexity index is 620. The lowest BCUT2D eigenvalue weighted by Gasteiger charge is -2.22. The minimum Gasteiger partial charge on any atom is -0.496 e. The SMILES string of the molecule is COc1ccc(-c2ccccc2)c2c1CCC(=O)N2. The molecule has 0 atom stereocenters. The highest BCUT2D eigenvalue weighted by molar-refractivity contribution is 5.99. The molecule has 0 bridgehead atoms. The average Bonchev–Trinajstić information content (AvgIpc) is 2.46. The summed E-state index contributed by atoms with van der Waals surface area (Å²) in [6, 6.07) is 14.0. The van der Waals surface area contributed by atoms with Crippen molar-refractivity contribution in [1.29, 1.82) is 0 Å². The Balaban J connectivity index is 2.19. The van der Waals surface area contributed by atoms with E-state index in [2.05, 4.69) is 5.32 Å². The Morgan fingerprint density at radius 3 is 2.58 bits per heavy atom. The van der Waals surface area contributed by atoms with E-state index in [1.165, 1.54) is 0 Å². The number of hydrogen-bond donors (Lipinski definition) is 1. The van der Waals surface area contributed by atoms with Crippen molar-refractivity contribution in [3.8, 4) is 16.9 Å². The summed E-state index contributed by atoms with van der Waals surface area (Å²) < 4.78 is 5.39. The van der Waals surface area contributed by atoms with Gasteiger partial charge in [0.25, 0.3) is 0 Å². The standard InChI is InChI=1S/C16H15NO2/c1-19-14-9-7-12(11-5-3-2-4-6-11)16-13(14)8-10-15(18)17-16/h2-7,9H,8,10H2,1H3,(H,17,18). The van der Waals surface area contributed by atoms with Gasteiger partial charge in [0.2, 0.25) is 5.91 Å². The first kappa shape index (κ1) is 11.8. The van der Waals surface area contributed by atoms with Gasteiger partial charge in [0.05, 0.1) is 12.8 Å². The smallest absolute Gasteiger partial charge is 0.224 e. The van der Waals surface area contributed by atoms with E-state index in [1.807, 2.05) is 42.5 Å². The highest BCUT2D eigenvalue weighted by atomic mass is 16.5. The summed E-state index contributed by atoms with van der Waals surface area (Å²) in [5, 5.41) is 2.98. The third-order valence-electron chi connectivity index (χ3n) is 3.44. The van der Waals surface area contributed by atoms with Crippen LogP contribution in [0.25, 0.3) is 11.1 Å². The first-order chi connectivity index (χ1) is 9.29. The van der Waals surface area contributed by atoms with Crippen LogP contribution in [0.4, 0.5) is 5.69 Å². The van der Waals surface area contributed by atoms with Crippen LogP contribution in [0.3, 0.4) is 0 Å². The molecular formula is C16H15NO2. The Labute approximate surface area is 112 Å². The molecule has 0 saturated carbocycles. The van der Waals surface area contributed by atoms with Gasteiger partial charge in [-0.1, -0.05) is 30.3 Å². The van der Waals surface area contributed by atoms with Gasteiger partial charge in [0.1, 0.15) is 5.75 Å². The van der Waals surface area contributed by atoms with E-state index in [9.17, 15) is 4.79 Å². The van der Waals surface area contributed by atoms with Crippen LogP contribution >= 0.6 is 0 Å². The molecule has 2 aromatic rings. The Morgan fingerprint density at radius 1 is 1.05 bits per heavy atom. The predicted molar refractivity (Wildman–Crippen MR) is 75.4 cm³/mol. The average molecular weight is 253 g/mol. The molecule has 2 aromatic carbocycles. The molecule has 0 aromatic heterocycles. The molecule has 1 aliphatic heterocycles. The van der Waals surface area contributed by atoms with E-state index in [0.717, 1.165) is 34.5 Å². The van der Waals surface area contributed by atoms with Gasteiger partial charge in [-0.05, 0) is 24.1 Å². The van der Waals surface area contributed by atoms with Crippen molar-refractivity contribution < 1.29 is 9.53 Å². The van der Waals surface area contributed by atoms with E-state index < -0.39 is 0 Å². The van der Waals surface area contributed by atoms with Crippen LogP contribution in [0, 0.1) is 0 Å². The van der Waals surface area contributed by atoms with Gasteiger partial charge in [-0.2, -0.15) is 0 Å². The number of carbonyl (C=O) groups is 1. The molecule has 1 heterocycles. The number of carbonyl (C=O) groups excluding carboxylic acids is 1. The van der Waals surface area contributed by atoms with Crippen molar-refractivity contribution in [1.82, 2.24) is 0 Å². The zero-order chi connectivity index (χ0) is 13.2. The molecule has 0 spiro atoms. The molecule has 0 fully saturated rings. The highest BCUT2D eigenvalue weighted by Crippen LogP contribution is 2.39. The van der Waals surface area contributed by atoms with E-state index in [4.69, 9.17) is 4.74 Å². The zero-order valence-corrected chi connectivity index (χ0v) is 10.8. The topological polar surface area (TPSA) is 38.3 Å². The zero-order valence-electron chi connectivity index (χ0n) is 10.8. The summed E-state index contributed by atoms with van der Waals surface area (Å²) in [6.07, 6.45) is 1.24. The molecule has 3 nitrogen and oxygen atoms in total. The van der Waals surface area contributed by atoms with E-state index in [-0.39, 0.29) is 5.91 Å². The number of benzene rings is 2. The van der Waals surface area contributed by atoms with E-state index >= 15 is 0 Å². The summed E-state index contributed by atoms with van der Waals surface area (Å²) in [6.45, 7) is 0. The summed E-state index contributed by atoms with van der Waals surface area (Å²) in [4.78, 5) is 11.7. The maximum absolute atomic E-state index is 11.7. The predicted octanol–water partition coefficient (Wildman–Crippen LogP) is 3.25. The van der Waals surface area contributed by atoms with E-state index in [0.29, 0.717) is 6.42 Å². The molecule has 0 radical (unpaired) electrons. The second-order valence-corrected chi connectivity index (χ2v) is 4.58. The molecule has 3 heteroatoms. The molecule has 19 heavy (non-hydrogen) atoms. The van der Waals surface area contributed by atoms with Crippen LogP contribution in [-0.4, -0.2) is 13.0 Å². The van der Waals surface area contributed by atoms with E-state index in [1.54, 1.807) is 7.11 Å². The fourth-order valence-corrected chi connectivity index (χ4v) is 2.51. The second-order valence-electron chi connectivity index (χ2n) is 4.58. The number of rotatable bonds is 2. The molecule has 0 saturated heterocycles. The van der Waals surface area contributed by atoms with Gasteiger partial charge in [-0.3, -0.25) is 4.79 Å². The lowest BCUT2D eigenvalue weighted by atomic mass is 9.94. The number of methoxy groups -OCH3 is 1. The lowest BCUT2D eigenvalue weighted by molar-refractivity contribution is -0.116. The number of fused-ring (bicyclic) bond motifs is 1. The third-order valence-corrected chi connectivity index (χ3v) is 3.44. The van der Waals surface area contributed by atoms with Gasteiger partial charge < -0.3 is 10.1 Å². The van der Waals surface area contributed by atoms with Crippen LogP contribution in [-0.2, 0) is 11.2 Å². The first-order valence-corrected chi connectivity index (χ1v) is 6.34. The molecule has 1 amide bonds. The van der Waals surface area contributed by atoms with Crippen LogP contribution < -0.4 is 10.1 Å². The fraction of sp³-hybridized carbons (Fsp3) is 0.188. The lowest BCUT2D eigenvalue weighted by Crippen LogP contribution is -2.20. The number of nitrogens with one attached hydrogen (secondary N) is 1.